The van der Waals surface area contributed by atoms with Crippen molar-refractivity contribution in [2.45, 2.75) is 12.8 Å². The molecule has 0 unspecified atom stereocenters. The van der Waals surface area contributed by atoms with Crippen LogP contribution in [0.4, 0.5) is 11.4 Å². The Morgan fingerprint density at radius 2 is 1.71 bits per heavy atom. The molecule has 0 saturated carbocycles. The van der Waals surface area contributed by atoms with Crippen LogP contribution in [-0.4, -0.2) is 18.0 Å². The highest BCUT2D eigenvalue weighted by atomic mass is 16.6. The first-order valence-electron chi connectivity index (χ1n) is 7.00. The molecule has 108 valence electrons. The number of benzene rings is 2. The lowest BCUT2D eigenvalue weighted by Gasteiger charge is -2.17. The zero-order chi connectivity index (χ0) is 14.7. The highest BCUT2D eigenvalue weighted by Gasteiger charge is 2.12. The fourth-order valence-corrected chi connectivity index (χ4v) is 2.50. The van der Waals surface area contributed by atoms with E-state index in [9.17, 15) is 10.1 Å². The predicted molar refractivity (Wildman–Crippen MR) is 81.1 cm³/mol. The predicted octanol–water partition coefficient (Wildman–Crippen LogP) is 3.99. The van der Waals surface area contributed by atoms with Crippen LogP contribution < -0.4 is 9.64 Å². The van der Waals surface area contributed by atoms with Gasteiger partial charge in [0, 0.05) is 24.8 Å². The number of nitro groups is 1. The average Bonchev–Trinajstić information content (AvgIpc) is 3.02. The summed E-state index contributed by atoms with van der Waals surface area (Å²) in [5.41, 5.74) is 1.22. The Balaban J connectivity index is 1.72. The number of nitro benzene ring substituents is 1. The van der Waals surface area contributed by atoms with Crippen LogP contribution in [0.15, 0.2) is 48.5 Å². The maximum absolute atomic E-state index is 10.7. The van der Waals surface area contributed by atoms with E-state index in [0.717, 1.165) is 13.1 Å². The molecule has 3 rings (SSSR count). The molecule has 0 radical (unpaired) electrons. The molecule has 0 aliphatic carbocycles. The third-order valence-corrected chi connectivity index (χ3v) is 3.57. The van der Waals surface area contributed by atoms with E-state index < -0.39 is 4.92 Å². The molecule has 1 saturated heterocycles. The summed E-state index contributed by atoms with van der Waals surface area (Å²) in [5, 5.41) is 10.7. The summed E-state index contributed by atoms with van der Waals surface area (Å²) < 4.78 is 5.66. The van der Waals surface area contributed by atoms with Crippen LogP contribution in [0, 0.1) is 10.1 Å². The smallest absolute Gasteiger partial charge is 0.273 e. The fourth-order valence-electron chi connectivity index (χ4n) is 2.50. The molecular weight excluding hydrogens is 268 g/mol. The molecule has 0 bridgehead atoms. The Hall–Kier alpha value is -2.56. The molecular formula is C16H16N2O3. The summed E-state index contributed by atoms with van der Waals surface area (Å²) in [6.45, 7) is 2.20. The van der Waals surface area contributed by atoms with Gasteiger partial charge in [0.15, 0.2) is 0 Å². The van der Waals surface area contributed by atoms with Gasteiger partial charge in [-0.05, 0) is 43.2 Å². The summed E-state index contributed by atoms with van der Waals surface area (Å²) >= 11 is 0. The van der Waals surface area contributed by atoms with Gasteiger partial charge in [0.25, 0.3) is 5.69 Å². The summed E-state index contributed by atoms with van der Waals surface area (Å²) in [6.07, 6.45) is 2.48. The topological polar surface area (TPSA) is 55.6 Å². The first-order valence-corrected chi connectivity index (χ1v) is 7.00. The minimum absolute atomic E-state index is 0.0289. The highest BCUT2D eigenvalue weighted by molar-refractivity contribution is 5.50. The summed E-state index contributed by atoms with van der Waals surface area (Å²) in [5.74, 6) is 1.15. The van der Waals surface area contributed by atoms with Crippen molar-refractivity contribution in [3.8, 4) is 11.5 Å². The van der Waals surface area contributed by atoms with Gasteiger partial charge in [-0.3, -0.25) is 10.1 Å². The number of non-ortho nitro benzene ring substituents is 1. The van der Waals surface area contributed by atoms with Crippen molar-refractivity contribution in [3.05, 3.63) is 58.6 Å². The van der Waals surface area contributed by atoms with E-state index in [2.05, 4.69) is 4.90 Å². The molecule has 0 aromatic heterocycles. The van der Waals surface area contributed by atoms with Gasteiger partial charge in [-0.15, -0.1) is 0 Å². The van der Waals surface area contributed by atoms with Crippen molar-refractivity contribution in [3.63, 3.8) is 0 Å². The van der Waals surface area contributed by atoms with Crippen LogP contribution in [0.5, 0.6) is 11.5 Å². The lowest BCUT2D eigenvalue weighted by atomic mass is 10.2. The maximum atomic E-state index is 10.7. The van der Waals surface area contributed by atoms with Crippen molar-refractivity contribution >= 4 is 11.4 Å². The molecule has 0 atom stereocenters. The van der Waals surface area contributed by atoms with E-state index >= 15 is 0 Å². The first-order chi connectivity index (χ1) is 10.2. The Bertz CT molecular complexity index is 634. The van der Waals surface area contributed by atoms with Gasteiger partial charge >= 0.3 is 0 Å². The monoisotopic (exact) mass is 284 g/mol. The zero-order valence-corrected chi connectivity index (χ0v) is 11.6. The van der Waals surface area contributed by atoms with Crippen LogP contribution in [-0.2, 0) is 0 Å². The summed E-state index contributed by atoms with van der Waals surface area (Å²) in [4.78, 5) is 12.7. The zero-order valence-electron chi connectivity index (χ0n) is 11.6. The molecule has 5 heteroatoms. The second kappa shape index (κ2) is 5.83. The van der Waals surface area contributed by atoms with Gasteiger partial charge in [-0.25, -0.2) is 0 Å². The van der Waals surface area contributed by atoms with Crippen molar-refractivity contribution < 1.29 is 9.66 Å². The van der Waals surface area contributed by atoms with Crippen LogP contribution in [0.25, 0.3) is 0 Å². The SMILES string of the molecule is O=[N+]([O-])c1cccc(Oc2ccc(N3CCCC3)cc2)c1. The molecule has 1 fully saturated rings. The molecule has 1 heterocycles. The Morgan fingerprint density at radius 1 is 1.00 bits per heavy atom. The molecule has 5 nitrogen and oxygen atoms in total. The molecule has 0 N–H and O–H groups in total. The minimum atomic E-state index is -0.427. The van der Waals surface area contributed by atoms with Gasteiger partial charge in [0.1, 0.15) is 11.5 Å². The van der Waals surface area contributed by atoms with Crippen molar-refractivity contribution in [1.29, 1.82) is 0 Å². The van der Waals surface area contributed by atoms with Gasteiger partial charge in [-0.2, -0.15) is 0 Å². The van der Waals surface area contributed by atoms with Crippen LogP contribution in [0.3, 0.4) is 0 Å². The van der Waals surface area contributed by atoms with Gasteiger partial charge in [0.05, 0.1) is 11.0 Å². The lowest BCUT2D eigenvalue weighted by Crippen LogP contribution is -2.17. The normalized spacial score (nSPS) is 14.2. The van der Waals surface area contributed by atoms with Crippen molar-refractivity contribution in [2.75, 3.05) is 18.0 Å². The Morgan fingerprint density at radius 3 is 2.38 bits per heavy atom. The Kier molecular flexibility index (Phi) is 3.73. The lowest BCUT2D eigenvalue weighted by molar-refractivity contribution is -0.384. The van der Waals surface area contributed by atoms with Gasteiger partial charge in [-0.1, -0.05) is 6.07 Å². The molecule has 2 aromatic rings. The molecule has 0 spiro atoms. The van der Waals surface area contributed by atoms with E-state index in [0.29, 0.717) is 11.5 Å². The van der Waals surface area contributed by atoms with Gasteiger partial charge in [0.2, 0.25) is 0 Å². The number of anilines is 1. The quantitative estimate of drug-likeness (QED) is 0.629. The largest absolute Gasteiger partial charge is 0.457 e. The van der Waals surface area contributed by atoms with E-state index in [1.54, 1.807) is 12.1 Å². The highest BCUT2D eigenvalue weighted by Crippen LogP contribution is 2.28. The van der Waals surface area contributed by atoms with Gasteiger partial charge < -0.3 is 9.64 Å². The average molecular weight is 284 g/mol. The summed E-state index contributed by atoms with van der Waals surface area (Å²) in [7, 11) is 0. The second-order valence-corrected chi connectivity index (χ2v) is 5.04. The van der Waals surface area contributed by atoms with E-state index in [1.807, 2.05) is 24.3 Å². The van der Waals surface area contributed by atoms with Crippen LogP contribution in [0.1, 0.15) is 12.8 Å². The van der Waals surface area contributed by atoms with E-state index in [-0.39, 0.29) is 5.69 Å². The fraction of sp³-hybridized carbons (Fsp3) is 0.250. The number of nitrogens with zero attached hydrogens (tertiary/aromatic N) is 2. The molecule has 1 aliphatic heterocycles. The summed E-state index contributed by atoms with van der Waals surface area (Å²) in [6, 6.07) is 14.0. The third-order valence-electron chi connectivity index (χ3n) is 3.57. The second-order valence-electron chi connectivity index (χ2n) is 5.04. The van der Waals surface area contributed by atoms with Crippen LogP contribution in [0.2, 0.25) is 0 Å². The van der Waals surface area contributed by atoms with Crippen molar-refractivity contribution in [1.82, 2.24) is 0 Å². The van der Waals surface area contributed by atoms with E-state index in [4.69, 9.17) is 4.74 Å². The molecule has 0 amide bonds. The van der Waals surface area contributed by atoms with E-state index in [1.165, 1.54) is 30.7 Å². The number of hydrogen-bond acceptors (Lipinski definition) is 4. The molecule has 1 aliphatic rings. The maximum Gasteiger partial charge on any atom is 0.273 e. The third kappa shape index (κ3) is 3.13. The number of ether oxygens (including phenoxy) is 1. The molecule has 2 aromatic carbocycles. The van der Waals surface area contributed by atoms with Crippen LogP contribution >= 0.6 is 0 Å². The minimum Gasteiger partial charge on any atom is -0.457 e. The number of hydrogen-bond donors (Lipinski definition) is 0. The molecule has 21 heavy (non-hydrogen) atoms. The Labute approximate surface area is 122 Å². The number of rotatable bonds is 4. The first kappa shape index (κ1) is 13.4. The standard InChI is InChI=1S/C16H16N2O3/c19-18(20)14-4-3-5-16(12-14)21-15-8-6-13(7-9-15)17-10-1-2-11-17/h3-9,12H,1-2,10-11H2. The van der Waals surface area contributed by atoms with Crippen molar-refractivity contribution in [2.24, 2.45) is 0 Å².